The second kappa shape index (κ2) is 9.23. The van der Waals surface area contributed by atoms with Crippen LogP contribution in [-0.4, -0.2) is 42.7 Å². The number of carbonyl (C=O) groups is 3. The Hall–Kier alpha value is -2.97. The van der Waals surface area contributed by atoms with Crippen LogP contribution in [0.2, 0.25) is 5.02 Å². The first-order valence-corrected chi connectivity index (χ1v) is 10.0. The summed E-state index contributed by atoms with van der Waals surface area (Å²) < 4.78 is 10.5. The van der Waals surface area contributed by atoms with Gasteiger partial charge < -0.3 is 14.8 Å². The number of nitrogens with one attached hydrogen (secondary N) is 1. The Bertz CT molecular complexity index is 1050. The van der Waals surface area contributed by atoms with Gasteiger partial charge in [-0.05, 0) is 60.7 Å². The number of carbonyl (C=O) groups excluding carboxylic acids is 3. The highest BCUT2D eigenvalue weighted by molar-refractivity contribution is 8.18. The number of imide groups is 1. The van der Waals surface area contributed by atoms with Crippen molar-refractivity contribution in [2.45, 2.75) is 6.92 Å². The van der Waals surface area contributed by atoms with E-state index in [1.54, 1.807) is 42.5 Å². The summed E-state index contributed by atoms with van der Waals surface area (Å²) in [7, 11) is 3.03. The zero-order valence-electron chi connectivity index (χ0n) is 16.5. The van der Waals surface area contributed by atoms with Crippen molar-refractivity contribution >= 4 is 52.2 Å². The van der Waals surface area contributed by atoms with Gasteiger partial charge in [0.25, 0.3) is 11.1 Å². The molecule has 1 fully saturated rings. The lowest BCUT2D eigenvalue weighted by molar-refractivity contribution is -0.127. The lowest BCUT2D eigenvalue weighted by Gasteiger charge is -2.14. The monoisotopic (exact) mass is 446 g/mol. The molecule has 0 aromatic heterocycles. The summed E-state index contributed by atoms with van der Waals surface area (Å²) >= 11 is 6.72. The Morgan fingerprint density at radius 1 is 1.17 bits per heavy atom. The van der Waals surface area contributed by atoms with Crippen molar-refractivity contribution in [3.05, 3.63) is 57.5 Å². The molecule has 0 atom stereocenters. The molecule has 1 N–H and O–H groups in total. The number of nitrogens with zero attached hydrogens (tertiary/aromatic N) is 1. The van der Waals surface area contributed by atoms with Crippen molar-refractivity contribution in [1.29, 1.82) is 0 Å². The SMILES string of the molecule is COc1ccc(OC)c(/C=C2/SC(=O)N(CC(=O)Nc3cc(Cl)ccc3C)C2=O)c1. The van der Waals surface area contributed by atoms with Gasteiger partial charge in [-0.25, -0.2) is 0 Å². The van der Waals surface area contributed by atoms with E-state index in [9.17, 15) is 14.4 Å². The van der Waals surface area contributed by atoms with E-state index in [0.29, 0.717) is 27.8 Å². The average molecular weight is 447 g/mol. The molecule has 1 aliphatic heterocycles. The second-order valence-corrected chi connectivity index (χ2v) is 7.81. The minimum atomic E-state index is -0.548. The lowest BCUT2D eigenvalue weighted by Crippen LogP contribution is -2.36. The van der Waals surface area contributed by atoms with Crippen molar-refractivity contribution in [3.8, 4) is 11.5 Å². The maximum absolute atomic E-state index is 12.7. The smallest absolute Gasteiger partial charge is 0.294 e. The summed E-state index contributed by atoms with van der Waals surface area (Å²) in [5.74, 6) is 0.0602. The van der Waals surface area contributed by atoms with Crippen molar-refractivity contribution in [1.82, 2.24) is 4.90 Å². The van der Waals surface area contributed by atoms with E-state index in [1.807, 2.05) is 6.92 Å². The van der Waals surface area contributed by atoms with Gasteiger partial charge in [-0.1, -0.05) is 17.7 Å². The molecule has 1 saturated heterocycles. The third-order valence-corrected chi connectivity index (χ3v) is 5.51. The molecule has 0 unspecified atom stereocenters. The number of hydrogen-bond donors (Lipinski definition) is 1. The zero-order valence-corrected chi connectivity index (χ0v) is 18.1. The lowest BCUT2D eigenvalue weighted by atomic mass is 10.1. The number of hydrogen-bond acceptors (Lipinski definition) is 6. The fraction of sp³-hybridized carbons (Fsp3) is 0.190. The quantitative estimate of drug-likeness (QED) is 0.664. The van der Waals surface area contributed by atoms with E-state index >= 15 is 0 Å². The third-order valence-electron chi connectivity index (χ3n) is 4.37. The Morgan fingerprint density at radius 3 is 2.63 bits per heavy atom. The first-order chi connectivity index (χ1) is 14.3. The van der Waals surface area contributed by atoms with E-state index in [2.05, 4.69) is 5.32 Å². The first-order valence-electron chi connectivity index (χ1n) is 8.85. The van der Waals surface area contributed by atoms with Crippen LogP contribution < -0.4 is 14.8 Å². The topological polar surface area (TPSA) is 84.9 Å². The van der Waals surface area contributed by atoms with Crippen LogP contribution in [0.5, 0.6) is 11.5 Å². The molecular formula is C21H19ClN2O5S. The summed E-state index contributed by atoms with van der Waals surface area (Å²) in [6.07, 6.45) is 1.55. The van der Waals surface area contributed by atoms with Crippen LogP contribution in [0.1, 0.15) is 11.1 Å². The molecule has 3 amide bonds. The molecular weight excluding hydrogens is 428 g/mol. The third kappa shape index (κ3) is 4.77. The van der Waals surface area contributed by atoms with Crippen molar-refractivity contribution in [2.24, 2.45) is 0 Å². The van der Waals surface area contributed by atoms with Gasteiger partial charge in [-0.3, -0.25) is 19.3 Å². The van der Waals surface area contributed by atoms with Gasteiger partial charge in [0.15, 0.2) is 0 Å². The largest absolute Gasteiger partial charge is 0.497 e. The highest BCUT2D eigenvalue weighted by atomic mass is 35.5. The molecule has 0 bridgehead atoms. The normalized spacial score (nSPS) is 14.9. The highest BCUT2D eigenvalue weighted by Crippen LogP contribution is 2.35. The van der Waals surface area contributed by atoms with Gasteiger partial charge in [0.2, 0.25) is 5.91 Å². The van der Waals surface area contributed by atoms with Gasteiger partial charge in [-0.2, -0.15) is 0 Å². The van der Waals surface area contributed by atoms with Crippen LogP contribution in [0.4, 0.5) is 10.5 Å². The molecule has 3 rings (SSSR count). The number of thioether (sulfide) groups is 1. The standard InChI is InChI=1S/C21H19ClN2O5S/c1-12-4-5-14(22)10-16(12)23-19(25)11-24-20(26)18(30-21(24)27)9-13-8-15(28-2)6-7-17(13)29-3/h4-10H,11H2,1-3H3,(H,23,25)/b18-9+. The number of rotatable bonds is 6. The van der Waals surface area contributed by atoms with Gasteiger partial charge in [0, 0.05) is 16.3 Å². The van der Waals surface area contributed by atoms with Crippen LogP contribution in [0.25, 0.3) is 6.08 Å². The number of anilines is 1. The van der Waals surface area contributed by atoms with E-state index in [0.717, 1.165) is 22.2 Å². The predicted molar refractivity (Wildman–Crippen MR) is 117 cm³/mol. The fourth-order valence-electron chi connectivity index (χ4n) is 2.79. The summed E-state index contributed by atoms with van der Waals surface area (Å²) in [4.78, 5) is 38.6. The molecule has 30 heavy (non-hydrogen) atoms. The van der Waals surface area contributed by atoms with Crippen LogP contribution in [0, 0.1) is 6.92 Å². The number of halogens is 1. The number of aryl methyl sites for hydroxylation is 1. The number of benzene rings is 2. The molecule has 2 aromatic carbocycles. The zero-order chi connectivity index (χ0) is 21.8. The van der Waals surface area contributed by atoms with E-state index in [4.69, 9.17) is 21.1 Å². The number of amides is 3. The molecule has 0 radical (unpaired) electrons. The molecule has 0 saturated carbocycles. The van der Waals surface area contributed by atoms with Crippen molar-refractivity contribution in [3.63, 3.8) is 0 Å². The van der Waals surface area contributed by atoms with Crippen LogP contribution >= 0.6 is 23.4 Å². The van der Waals surface area contributed by atoms with E-state index in [-0.39, 0.29) is 4.91 Å². The number of methoxy groups -OCH3 is 2. The Balaban J connectivity index is 1.77. The van der Waals surface area contributed by atoms with Gasteiger partial charge >= 0.3 is 0 Å². The minimum absolute atomic E-state index is 0.193. The average Bonchev–Trinajstić information content (AvgIpc) is 2.98. The van der Waals surface area contributed by atoms with E-state index in [1.165, 1.54) is 14.2 Å². The van der Waals surface area contributed by atoms with Crippen molar-refractivity contribution < 1.29 is 23.9 Å². The molecule has 0 aliphatic carbocycles. The second-order valence-electron chi connectivity index (χ2n) is 6.38. The maximum atomic E-state index is 12.7. The minimum Gasteiger partial charge on any atom is -0.497 e. The molecule has 1 aliphatic rings. The van der Waals surface area contributed by atoms with Crippen LogP contribution in [0.3, 0.4) is 0 Å². The van der Waals surface area contributed by atoms with Crippen molar-refractivity contribution in [2.75, 3.05) is 26.1 Å². The fourth-order valence-corrected chi connectivity index (χ4v) is 3.79. The Labute approximate surface area is 183 Å². The van der Waals surface area contributed by atoms with Crippen LogP contribution in [0.15, 0.2) is 41.3 Å². The Morgan fingerprint density at radius 2 is 1.93 bits per heavy atom. The summed E-state index contributed by atoms with van der Waals surface area (Å²) in [6, 6.07) is 10.2. The number of ether oxygens (including phenoxy) is 2. The van der Waals surface area contributed by atoms with Gasteiger partial charge in [-0.15, -0.1) is 0 Å². The molecule has 156 valence electrons. The molecule has 7 nitrogen and oxygen atoms in total. The predicted octanol–water partition coefficient (Wildman–Crippen LogP) is 4.34. The highest BCUT2D eigenvalue weighted by Gasteiger charge is 2.36. The van der Waals surface area contributed by atoms with Gasteiger partial charge in [0.1, 0.15) is 18.0 Å². The van der Waals surface area contributed by atoms with E-state index < -0.39 is 23.6 Å². The molecule has 2 aromatic rings. The maximum Gasteiger partial charge on any atom is 0.294 e. The Kier molecular flexibility index (Phi) is 6.69. The van der Waals surface area contributed by atoms with Crippen LogP contribution in [-0.2, 0) is 9.59 Å². The molecule has 9 heteroatoms. The first kappa shape index (κ1) is 21.7. The van der Waals surface area contributed by atoms with Gasteiger partial charge in [0.05, 0.1) is 19.1 Å². The summed E-state index contributed by atoms with van der Waals surface area (Å²) in [5.41, 5.74) is 1.92. The summed E-state index contributed by atoms with van der Waals surface area (Å²) in [6.45, 7) is 1.42. The molecule has 1 heterocycles. The molecule has 0 spiro atoms. The summed E-state index contributed by atoms with van der Waals surface area (Å²) in [5, 5.41) is 2.63.